The molecular formula is C11H16N6O. The van der Waals surface area contributed by atoms with E-state index in [1.54, 1.807) is 6.20 Å². The molecule has 2 aromatic rings. The molecule has 3 rings (SSSR count). The van der Waals surface area contributed by atoms with E-state index in [1.165, 1.54) is 12.8 Å². The van der Waals surface area contributed by atoms with Gasteiger partial charge in [0.15, 0.2) is 5.69 Å². The maximum Gasteiger partial charge on any atom is 0.244 e. The second-order valence-electron chi connectivity index (χ2n) is 4.62. The van der Waals surface area contributed by atoms with Crippen LogP contribution in [0.1, 0.15) is 38.1 Å². The van der Waals surface area contributed by atoms with Gasteiger partial charge >= 0.3 is 0 Å². The molecule has 1 saturated heterocycles. The van der Waals surface area contributed by atoms with Gasteiger partial charge in [-0.05, 0) is 25.3 Å². The van der Waals surface area contributed by atoms with Crippen LogP contribution in [0.4, 0.5) is 0 Å². The average molecular weight is 248 g/mol. The predicted octanol–water partition coefficient (Wildman–Crippen LogP) is 1.31. The summed E-state index contributed by atoms with van der Waals surface area (Å²) >= 11 is 0. The third-order valence-electron chi connectivity index (χ3n) is 3.47. The van der Waals surface area contributed by atoms with Gasteiger partial charge in [0.2, 0.25) is 11.7 Å². The zero-order chi connectivity index (χ0) is 12.4. The molecule has 0 bridgehead atoms. The fourth-order valence-corrected chi connectivity index (χ4v) is 2.35. The Morgan fingerprint density at radius 1 is 1.50 bits per heavy atom. The lowest BCUT2D eigenvalue weighted by molar-refractivity contribution is 0.246. The summed E-state index contributed by atoms with van der Waals surface area (Å²) in [6.07, 6.45) is 5.05. The summed E-state index contributed by atoms with van der Waals surface area (Å²) in [6, 6.07) is 0.164. The summed E-state index contributed by atoms with van der Waals surface area (Å²) in [5.74, 6) is 1.86. The monoisotopic (exact) mass is 248 g/mol. The Balaban J connectivity index is 1.77. The standard InChI is InChI=1S/C11H16N6O/c1-2-7-3-4-12-8(5-7)11-14-10(16-18-11)9-6-13-17-15-9/h6-8,12H,2-5H2,1H3,(H,13,15,17). The molecule has 0 aromatic carbocycles. The molecule has 2 unspecified atom stereocenters. The highest BCUT2D eigenvalue weighted by Crippen LogP contribution is 2.28. The molecule has 1 aliphatic heterocycles. The van der Waals surface area contributed by atoms with Crippen molar-refractivity contribution in [3.8, 4) is 11.5 Å². The largest absolute Gasteiger partial charge is 0.337 e. The van der Waals surface area contributed by atoms with E-state index in [-0.39, 0.29) is 6.04 Å². The SMILES string of the molecule is CCC1CCNC(c2nc(-c3cn[nH]n3)no2)C1. The number of nitrogens with zero attached hydrogens (tertiary/aromatic N) is 4. The van der Waals surface area contributed by atoms with E-state index in [1.807, 2.05) is 0 Å². The van der Waals surface area contributed by atoms with Gasteiger partial charge in [-0.3, -0.25) is 0 Å². The molecule has 2 N–H and O–H groups in total. The van der Waals surface area contributed by atoms with Gasteiger partial charge in [-0.15, -0.1) is 0 Å². The highest BCUT2D eigenvalue weighted by molar-refractivity contribution is 5.44. The first-order chi connectivity index (χ1) is 8.86. The van der Waals surface area contributed by atoms with Gasteiger partial charge in [0.1, 0.15) is 0 Å². The smallest absolute Gasteiger partial charge is 0.244 e. The molecular weight excluding hydrogens is 232 g/mol. The highest BCUT2D eigenvalue weighted by Gasteiger charge is 2.26. The highest BCUT2D eigenvalue weighted by atomic mass is 16.5. The Bertz CT molecular complexity index is 493. The van der Waals surface area contributed by atoms with Crippen LogP contribution in [0.25, 0.3) is 11.5 Å². The van der Waals surface area contributed by atoms with Gasteiger partial charge < -0.3 is 9.84 Å². The summed E-state index contributed by atoms with van der Waals surface area (Å²) in [7, 11) is 0. The second-order valence-corrected chi connectivity index (χ2v) is 4.62. The van der Waals surface area contributed by atoms with Crippen molar-refractivity contribution in [2.75, 3.05) is 6.54 Å². The molecule has 0 aliphatic carbocycles. The van der Waals surface area contributed by atoms with Crippen LogP contribution in [0.3, 0.4) is 0 Å². The fraction of sp³-hybridized carbons (Fsp3) is 0.636. The van der Waals surface area contributed by atoms with Crippen LogP contribution in [-0.2, 0) is 0 Å². The van der Waals surface area contributed by atoms with E-state index in [2.05, 4.69) is 37.8 Å². The molecule has 1 fully saturated rings. The molecule has 7 heteroatoms. The zero-order valence-corrected chi connectivity index (χ0v) is 10.3. The van der Waals surface area contributed by atoms with Crippen LogP contribution in [-0.4, -0.2) is 32.1 Å². The Hall–Kier alpha value is -1.76. The summed E-state index contributed by atoms with van der Waals surface area (Å²) in [5, 5.41) is 17.6. The Kier molecular flexibility index (Phi) is 3.06. The molecule has 0 amide bonds. The number of aromatic nitrogens is 5. The van der Waals surface area contributed by atoms with Crippen molar-refractivity contribution in [3.05, 3.63) is 12.1 Å². The Labute approximate surface area is 104 Å². The van der Waals surface area contributed by atoms with Crippen molar-refractivity contribution in [1.29, 1.82) is 0 Å². The van der Waals surface area contributed by atoms with Crippen LogP contribution in [0, 0.1) is 5.92 Å². The minimum absolute atomic E-state index is 0.164. The van der Waals surface area contributed by atoms with Crippen LogP contribution in [0.5, 0.6) is 0 Å². The van der Waals surface area contributed by atoms with Crippen LogP contribution in [0.15, 0.2) is 10.7 Å². The lowest BCUT2D eigenvalue weighted by Crippen LogP contribution is -2.31. The molecule has 96 valence electrons. The van der Waals surface area contributed by atoms with Crippen LogP contribution >= 0.6 is 0 Å². The number of hydrogen-bond donors (Lipinski definition) is 2. The fourth-order valence-electron chi connectivity index (χ4n) is 2.35. The molecule has 0 spiro atoms. The van der Waals surface area contributed by atoms with Crippen LogP contribution < -0.4 is 5.32 Å². The molecule has 18 heavy (non-hydrogen) atoms. The van der Waals surface area contributed by atoms with Crippen molar-refractivity contribution >= 4 is 0 Å². The maximum atomic E-state index is 5.32. The second kappa shape index (κ2) is 4.85. The maximum absolute atomic E-state index is 5.32. The quantitative estimate of drug-likeness (QED) is 0.850. The number of aromatic amines is 1. The topological polar surface area (TPSA) is 92.5 Å². The minimum atomic E-state index is 0.164. The van der Waals surface area contributed by atoms with Gasteiger partial charge in [-0.1, -0.05) is 18.5 Å². The summed E-state index contributed by atoms with van der Waals surface area (Å²) < 4.78 is 5.32. The molecule has 0 radical (unpaired) electrons. The molecule has 1 aliphatic rings. The molecule has 0 saturated carbocycles. The average Bonchev–Trinajstić information content (AvgIpc) is 3.09. The lowest BCUT2D eigenvalue weighted by atomic mass is 9.90. The number of rotatable bonds is 3. The van der Waals surface area contributed by atoms with Crippen molar-refractivity contribution in [3.63, 3.8) is 0 Å². The Morgan fingerprint density at radius 2 is 2.44 bits per heavy atom. The van der Waals surface area contributed by atoms with Gasteiger partial charge in [0.25, 0.3) is 0 Å². The van der Waals surface area contributed by atoms with E-state index in [0.29, 0.717) is 17.4 Å². The van der Waals surface area contributed by atoms with E-state index in [9.17, 15) is 0 Å². The Morgan fingerprint density at radius 3 is 3.22 bits per heavy atom. The number of piperidine rings is 1. The normalized spacial score (nSPS) is 24.3. The summed E-state index contributed by atoms with van der Waals surface area (Å²) in [4.78, 5) is 4.38. The molecule has 3 heterocycles. The van der Waals surface area contributed by atoms with Crippen molar-refractivity contribution in [2.24, 2.45) is 5.92 Å². The van der Waals surface area contributed by atoms with Gasteiger partial charge in [-0.25, -0.2) is 0 Å². The van der Waals surface area contributed by atoms with Gasteiger partial charge in [0.05, 0.1) is 12.2 Å². The van der Waals surface area contributed by atoms with E-state index < -0.39 is 0 Å². The number of hydrogen-bond acceptors (Lipinski definition) is 6. The zero-order valence-electron chi connectivity index (χ0n) is 10.3. The molecule has 2 aromatic heterocycles. The predicted molar refractivity (Wildman–Crippen MR) is 63.4 cm³/mol. The summed E-state index contributed by atoms with van der Waals surface area (Å²) in [5.41, 5.74) is 0.604. The minimum Gasteiger partial charge on any atom is -0.337 e. The first-order valence-corrected chi connectivity index (χ1v) is 6.30. The van der Waals surface area contributed by atoms with Gasteiger partial charge in [-0.2, -0.15) is 20.4 Å². The van der Waals surface area contributed by atoms with Crippen LogP contribution in [0.2, 0.25) is 0 Å². The van der Waals surface area contributed by atoms with E-state index in [4.69, 9.17) is 4.52 Å². The van der Waals surface area contributed by atoms with Crippen molar-refractivity contribution < 1.29 is 4.52 Å². The number of H-pyrrole nitrogens is 1. The first-order valence-electron chi connectivity index (χ1n) is 6.30. The third kappa shape index (κ3) is 2.13. The lowest BCUT2D eigenvalue weighted by Gasteiger charge is -2.27. The summed E-state index contributed by atoms with van der Waals surface area (Å²) in [6.45, 7) is 3.23. The van der Waals surface area contributed by atoms with Crippen molar-refractivity contribution in [1.82, 2.24) is 30.9 Å². The number of nitrogens with one attached hydrogen (secondary N) is 2. The van der Waals surface area contributed by atoms with Gasteiger partial charge in [0, 0.05) is 0 Å². The molecule has 2 atom stereocenters. The first kappa shape index (κ1) is 11.3. The van der Waals surface area contributed by atoms with E-state index in [0.717, 1.165) is 18.9 Å². The molecule has 7 nitrogen and oxygen atoms in total. The van der Waals surface area contributed by atoms with Crippen molar-refractivity contribution in [2.45, 2.75) is 32.2 Å². The third-order valence-corrected chi connectivity index (χ3v) is 3.47. The van der Waals surface area contributed by atoms with E-state index >= 15 is 0 Å².